The maximum atomic E-state index is 12.7. The maximum absolute atomic E-state index is 12.7. The van der Waals surface area contributed by atoms with Crippen molar-refractivity contribution in [2.45, 2.75) is 167 Å². The molecule has 0 saturated heterocycles. The number of amides is 1. The van der Waals surface area contributed by atoms with Gasteiger partial charge in [-0.2, -0.15) is 0 Å². The van der Waals surface area contributed by atoms with Gasteiger partial charge in [0.25, 0.3) is 7.82 Å². The fraction of sp³-hybridized carbons (Fsp3) is 0.970. The van der Waals surface area contributed by atoms with Gasteiger partial charge in [0, 0.05) is 6.42 Å². The third kappa shape index (κ3) is 28.3. The molecule has 1 unspecified atom stereocenters. The lowest BCUT2D eigenvalue weighted by atomic mass is 10.0. The molecule has 0 bridgehead atoms. The minimum atomic E-state index is -4.54. The molecule has 9 heteroatoms. The molecule has 2 N–H and O–H groups in total. The van der Waals surface area contributed by atoms with Crippen LogP contribution in [-0.4, -0.2) is 68.5 Å². The lowest BCUT2D eigenvalue weighted by Gasteiger charge is -2.30. The SMILES string of the molecule is CCCCCCCCCCCCCC(=O)N[C@@H](COP(=O)([O-])OCC[N+](C)(C)C)[C@H](O)CCCCCCCCCCC. The summed E-state index contributed by atoms with van der Waals surface area (Å²) in [4.78, 5) is 25.0. The van der Waals surface area contributed by atoms with Gasteiger partial charge < -0.3 is 28.8 Å². The molecule has 0 aromatic carbocycles. The van der Waals surface area contributed by atoms with E-state index >= 15 is 0 Å². The van der Waals surface area contributed by atoms with E-state index in [1.165, 1.54) is 89.9 Å². The third-order valence-corrected chi connectivity index (χ3v) is 8.81. The van der Waals surface area contributed by atoms with Gasteiger partial charge in [-0.3, -0.25) is 9.36 Å². The summed E-state index contributed by atoms with van der Waals surface area (Å²) in [5.74, 6) is -0.169. The highest BCUT2D eigenvalue weighted by Crippen LogP contribution is 2.38. The molecule has 0 aromatic heterocycles. The fourth-order valence-electron chi connectivity index (χ4n) is 4.98. The lowest BCUT2D eigenvalue weighted by Crippen LogP contribution is -2.46. The van der Waals surface area contributed by atoms with Crippen LogP contribution in [0, 0.1) is 0 Å². The van der Waals surface area contributed by atoms with Crippen molar-refractivity contribution in [2.24, 2.45) is 0 Å². The molecule has 3 atom stereocenters. The molecule has 0 rings (SSSR count). The standard InChI is InChI=1S/C33H69N2O6P/c1-6-8-10-12-14-16-17-19-21-23-25-27-33(37)34-31(30-41-42(38,39)40-29-28-35(3,4)5)32(36)26-24-22-20-18-15-13-11-9-7-2/h31-32,36H,6-30H2,1-5H3,(H-,34,37,38,39)/t31-,32+/m0/s1. The van der Waals surface area contributed by atoms with E-state index in [-0.39, 0.29) is 19.1 Å². The third-order valence-electron chi connectivity index (χ3n) is 7.85. The molecular weight excluding hydrogens is 551 g/mol. The molecule has 1 amide bonds. The van der Waals surface area contributed by atoms with E-state index in [2.05, 4.69) is 19.2 Å². The van der Waals surface area contributed by atoms with Gasteiger partial charge in [-0.15, -0.1) is 0 Å². The lowest BCUT2D eigenvalue weighted by molar-refractivity contribution is -0.870. The first-order valence-electron chi connectivity index (χ1n) is 17.4. The van der Waals surface area contributed by atoms with Crippen molar-refractivity contribution >= 4 is 13.7 Å². The molecular formula is C33H69N2O6P. The first-order valence-corrected chi connectivity index (χ1v) is 18.8. The molecule has 252 valence electrons. The van der Waals surface area contributed by atoms with Crippen molar-refractivity contribution in [3.05, 3.63) is 0 Å². The van der Waals surface area contributed by atoms with Crippen LogP contribution in [0.15, 0.2) is 0 Å². The molecule has 42 heavy (non-hydrogen) atoms. The van der Waals surface area contributed by atoms with E-state index in [1.54, 1.807) is 0 Å². The van der Waals surface area contributed by atoms with E-state index in [1.807, 2.05) is 21.1 Å². The Morgan fingerprint density at radius 3 is 1.62 bits per heavy atom. The van der Waals surface area contributed by atoms with Crippen molar-refractivity contribution in [3.63, 3.8) is 0 Å². The molecule has 0 fully saturated rings. The smallest absolute Gasteiger partial charge is 0.268 e. The Labute approximate surface area is 259 Å². The number of phosphoric acid groups is 1. The van der Waals surface area contributed by atoms with Crippen LogP contribution in [0.2, 0.25) is 0 Å². The number of phosphoric ester groups is 1. The number of nitrogens with one attached hydrogen (secondary N) is 1. The van der Waals surface area contributed by atoms with Crippen LogP contribution < -0.4 is 10.2 Å². The summed E-state index contributed by atoms with van der Waals surface area (Å²) in [6.07, 6.45) is 23.9. The number of carbonyl (C=O) groups excluding carboxylic acids is 1. The average Bonchev–Trinajstić information content (AvgIpc) is 2.92. The van der Waals surface area contributed by atoms with E-state index < -0.39 is 20.0 Å². The van der Waals surface area contributed by atoms with Crippen molar-refractivity contribution in [2.75, 3.05) is 40.9 Å². The van der Waals surface area contributed by atoms with Gasteiger partial charge in [-0.1, -0.05) is 136 Å². The molecule has 0 aliphatic carbocycles. The predicted molar refractivity (Wildman–Crippen MR) is 173 cm³/mol. The van der Waals surface area contributed by atoms with Gasteiger partial charge in [0.1, 0.15) is 13.2 Å². The van der Waals surface area contributed by atoms with Gasteiger partial charge in [0.05, 0.1) is 39.9 Å². The number of quaternary nitrogens is 1. The van der Waals surface area contributed by atoms with Crippen LogP contribution in [0.5, 0.6) is 0 Å². The number of hydrogen-bond acceptors (Lipinski definition) is 6. The summed E-state index contributed by atoms with van der Waals surface area (Å²) in [5.41, 5.74) is 0. The maximum Gasteiger partial charge on any atom is 0.268 e. The number of likely N-dealkylation sites (N-methyl/N-ethyl adjacent to an activating group) is 1. The molecule has 0 aromatic rings. The van der Waals surface area contributed by atoms with E-state index in [0.29, 0.717) is 23.9 Å². The zero-order valence-electron chi connectivity index (χ0n) is 28.2. The Bertz CT molecular complexity index is 673. The number of unbranched alkanes of at least 4 members (excludes halogenated alkanes) is 18. The number of aliphatic hydroxyl groups excluding tert-OH is 1. The first kappa shape index (κ1) is 41.5. The van der Waals surface area contributed by atoms with Gasteiger partial charge in [0.2, 0.25) is 5.91 Å². The van der Waals surface area contributed by atoms with Crippen molar-refractivity contribution < 1.29 is 32.9 Å². The first-order chi connectivity index (χ1) is 20.0. The largest absolute Gasteiger partial charge is 0.756 e. The molecule has 0 saturated carbocycles. The Kier molecular flexibility index (Phi) is 26.5. The van der Waals surface area contributed by atoms with Crippen LogP contribution in [-0.2, 0) is 18.4 Å². The number of hydrogen-bond donors (Lipinski definition) is 2. The highest BCUT2D eigenvalue weighted by molar-refractivity contribution is 7.45. The number of nitrogens with zero attached hydrogens (tertiary/aromatic N) is 1. The molecule has 0 radical (unpaired) electrons. The normalized spacial score (nSPS) is 14.9. The van der Waals surface area contributed by atoms with Crippen molar-refractivity contribution in [1.82, 2.24) is 5.32 Å². The van der Waals surface area contributed by atoms with Crippen LogP contribution in [0.3, 0.4) is 0 Å². The fourth-order valence-corrected chi connectivity index (χ4v) is 5.70. The summed E-state index contributed by atoms with van der Waals surface area (Å²) >= 11 is 0. The number of rotatable bonds is 31. The summed E-state index contributed by atoms with van der Waals surface area (Å²) in [7, 11) is 1.31. The van der Waals surface area contributed by atoms with Gasteiger partial charge >= 0.3 is 0 Å². The quantitative estimate of drug-likeness (QED) is 0.0468. The molecule has 0 aliphatic heterocycles. The van der Waals surface area contributed by atoms with E-state index in [0.717, 1.165) is 38.5 Å². The van der Waals surface area contributed by atoms with Crippen LogP contribution in [0.4, 0.5) is 0 Å². The summed E-state index contributed by atoms with van der Waals surface area (Å²) < 4.78 is 23.0. The Morgan fingerprint density at radius 1 is 0.738 bits per heavy atom. The second-order valence-corrected chi connectivity index (χ2v) is 14.6. The van der Waals surface area contributed by atoms with Crippen molar-refractivity contribution in [1.29, 1.82) is 0 Å². The highest BCUT2D eigenvalue weighted by Gasteiger charge is 2.24. The average molecular weight is 621 g/mol. The monoisotopic (exact) mass is 620 g/mol. The number of carbonyl (C=O) groups is 1. The Balaban J connectivity index is 4.51. The van der Waals surface area contributed by atoms with Crippen LogP contribution in [0.25, 0.3) is 0 Å². The van der Waals surface area contributed by atoms with Crippen molar-refractivity contribution in [3.8, 4) is 0 Å². The summed E-state index contributed by atoms with van der Waals surface area (Å²) in [6, 6.07) is -0.788. The van der Waals surface area contributed by atoms with Gasteiger partial charge in [-0.05, 0) is 12.8 Å². The van der Waals surface area contributed by atoms with Gasteiger partial charge in [0.15, 0.2) is 0 Å². The van der Waals surface area contributed by atoms with Crippen LogP contribution >= 0.6 is 7.82 Å². The van der Waals surface area contributed by atoms with Crippen LogP contribution in [0.1, 0.15) is 155 Å². The van der Waals surface area contributed by atoms with Gasteiger partial charge in [-0.25, -0.2) is 0 Å². The second-order valence-electron chi connectivity index (χ2n) is 13.2. The Morgan fingerprint density at radius 2 is 1.17 bits per heavy atom. The minimum absolute atomic E-state index is 0.0150. The zero-order chi connectivity index (χ0) is 31.5. The zero-order valence-corrected chi connectivity index (χ0v) is 29.1. The Hall–Kier alpha value is -0.500. The van der Waals surface area contributed by atoms with E-state index in [4.69, 9.17) is 9.05 Å². The highest BCUT2D eigenvalue weighted by atomic mass is 31.2. The molecule has 0 spiro atoms. The van der Waals surface area contributed by atoms with E-state index in [9.17, 15) is 19.4 Å². The topological polar surface area (TPSA) is 108 Å². The molecule has 8 nitrogen and oxygen atoms in total. The minimum Gasteiger partial charge on any atom is -0.756 e. The molecule has 0 heterocycles. The summed E-state index contributed by atoms with van der Waals surface area (Å²) in [5, 5.41) is 13.7. The second kappa shape index (κ2) is 26.9. The number of aliphatic hydroxyl groups is 1. The summed E-state index contributed by atoms with van der Waals surface area (Å²) in [6.45, 7) is 4.66. The predicted octanol–water partition coefficient (Wildman–Crippen LogP) is 7.66. The molecule has 0 aliphatic rings.